The summed E-state index contributed by atoms with van der Waals surface area (Å²) in [4.78, 5) is 26.2. The van der Waals surface area contributed by atoms with Gasteiger partial charge in [-0.05, 0) is 92.7 Å². The van der Waals surface area contributed by atoms with Gasteiger partial charge >= 0.3 is 0 Å². The Morgan fingerprint density at radius 1 is 1.00 bits per heavy atom. The van der Waals surface area contributed by atoms with Crippen LogP contribution in [0.1, 0.15) is 18.2 Å². The zero-order chi connectivity index (χ0) is 29.1. The van der Waals surface area contributed by atoms with Gasteiger partial charge in [-0.25, -0.2) is 32.2 Å². The number of aromatic amines is 1. The molecule has 0 fully saturated rings. The Labute approximate surface area is 235 Å². The van der Waals surface area contributed by atoms with E-state index < -0.39 is 15.8 Å². The highest BCUT2D eigenvalue weighted by molar-refractivity contribution is 7.92. The molecule has 5 rings (SSSR count). The smallest absolute Gasteiger partial charge is 0.280 e. The van der Waals surface area contributed by atoms with Gasteiger partial charge in [-0.15, -0.1) is 0 Å². The number of benzene rings is 3. The quantitative estimate of drug-likeness (QED) is 0.251. The molecular weight excluding hydrogens is 547 g/mol. The van der Waals surface area contributed by atoms with Crippen LogP contribution in [0.25, 0.3) is 16.9 Å². The second kappa shape index (κ2) is 11.2. The third-order valence-electron chi connectivity index (χ3n) is 6.18. The number of aromatic nitrogens is 4. The minimum absolute atomic E-state index is 0.00144. The van der Waals surface area contributed by atoms with E-state index in [1.54, 1.807) is 51.3 Å². The molecule has 0 unspecified atom stereocenters. The second-order valence-corrected chi connectivity index (χ2v) is 10.7. The molecule has 2 aromatic heterocycles. The van der Waals surface area contributed by atoms with E-state index in [0.717, 1.165) is 0 Å². The van der Waals surface area contributed by atoms with Crippen LogP contribution in [0.5, 0.6) is 5.75 Å². The molecule has 208 valence electrons. The largest absolute Gasteiger partial charge is 0.497 e. The Hall–Kier alpha value is -5.10. The lowest BCUT2D eigenvalue weighted by Crippen LogP contribution is -2.19. The summed E-state index contributed by atoms with van der Waals surface area (Å²) in [6.07, 6.45) is 1.46. The summed E-state index contributed by atoms with van der Waals surface area (Å²) in [6, 6.07) is 20.2. The molecule has 0 amide bonds. The van der Waals surface area contributed by atoms with Gasteiger partial charge in [0.2, 0.25) is 5.95 Å². The van der Waals surface area contributed by atoms with Crippen molar-refractivity contribution in [3.8, 4) is 22.7 Å². The van der Waals surface area contributed by atoms with E-state index in [4.69, 9.17) is 4.74 Å². The fraction of sp³-hybridized carbons (Fsp3) is 0.103. The molecule has 12 heteroatoms. The zero-order valence-electron chi connectivity index (χ0n) is 22.3. The normalized spacial score (nSPS) is 11.9. The average Bonchev–Trinajstić information content (AvgIpc) is 3.30. The molecule has 2 heterocycles. The molecule has 0 saturated heterocycles. The highest BCUT2D eigenvalue weighted by Gasteiger charge is 2.20. The third-order valence-corrected chi connectivity index (χ3v) is 7.52. The van der Waals surface area contributed by atoms with Crippen LogP contribution in [-0.4, -0.2) is 41.0 Å². The molecule has 0 aliphatic carbocycles. The van der Waals surface area contributed by atoms with E-state index in [1.165, 1.54) is 59.4 Å². The zero-order valence-corrected chi connectivity index (χ0v) is 23.1. The summed E-state index contributed by atoms with van der Waals surface area (Å²) in [5, 5.41) is 3.12. The maximum Gasteiger partial charge on any atom is 0.280 e. The van der Waals surface area contributed by atoms with Crippen molar-refractivity contribution in [2.24, 2.45) is 4.99 Å². The molecule has 0 aliphatic heterocycles. The van der Waals surface area contributed by atoms with Crippen LogP contribution in [0.4, 0.5) is 16.0 Å². The summed E-state index contributed by atoms with van der Waals surface area (Å²) in [7, 11) is -2.37. The van der Waals surface area contributed by atoms with Crippen molar-refractivity contribution in [1.29, 1.82) is 0 Å². The summed E-state index contributed by atoms with van der Waals surface area (Å²) in [5.41, 5.74) is 3.02. The number of ether oxygens (including phenoxy) is 1. The van der Waals surface area contributed by atoms with Gasteiger partial charge in [0.25, 0.3) is 15.6 Å². The predicted octanol–water partition coefficient (Wildman–Crippen LogP) is 5.02. The maximum absolute atomic E-state index is 13.6. The molecule has 41 heavy (non-hydrogen) atoms. The monoisotopic (exact) mass is 572 g/mol. The van der Waals surface area contributed by atoms with Crippen LogP contribution >= 0.6 is 0 Å². The third kappa shape index (κ3) is 5.92. The van der Waals surface area contributed by atoms with E-state index in [-0.39, 0.29) is 16.4 Å². The van der Waals surface area contributed by atoms with Crippen molar-refractivity contribution in [3.05, 3.63) is 112 Å². The fourth-order valence-electron chi connectivity index (χ4n) is 4.14. The number of nitrogens with one attached hydrogen (secondary N) is 2. The van der Waals surface area contributed by atoms with Crippen molar-refractivity contribution < 1.29 is 17.5 Å². The van der Waals surface area contributed by atoms with Gasteiger partial charge in [-0.1, -0.05) is 0 Å². The van der Waals surface area contributed by atoms with Crippen LogP contribution in [0.15, 0.2) is 99.7 Å². The Balaban J connectivity index is 1.51. The molecule has 10 nitrogen and oxygen atoms in total. The Kier molecular flexibility index (Phi) is 7.49. The number of rotatable bonds is 8. The number of aryl methyl sites for hydroxylation is 1. The first-order valence-electron chi connectivity index (χ1n) is 12.4. The molecular formula is C29H25FN6O4S. The molecule has 0 radical (unpaired) electrons. The Bertz CT molecular complexity index is 1900. The lowest BCUT2D eigenvalue weighted by molar-refractivity contribution is 0.415. The number of methoxy groups -OCH3 is 1. The number of H-pyrrole nitrogens is 1. The van der Waals surface area contributed by atoms with Gasteiger partial charge in [0.05, 0.1) is 40.3 Å². The average molecular weight is 573 g/mol. The summed E-state index contributed by atoms with van der Waals surface area (Å²) < 4.78 is 48.1. The van der Waals surface area contributed by atoms with Crippen molar-refractivity contribution in [2.75, 3.05) is 11.8 Å². The highest BCUT2D eigenvalue weighted by atomic mass is 32.2. The van der Waals surface area contributed by atoms with Crippen LogP contribution in [-0.2, 0) is 10.0 Å². The van der Waals surface area contributed by atoms with E-state index in [9.17, 15) is 17.6 Å². The predicted molar refractivity (Wildman–Crippen MR) is 154 cm³/mol. The van der Waals surface area contributed by atoms with Gasteiger partial charge in [-0.2, -0.15) is 0 Å². The lowest BCUT2D eigenvalue weighted by Gasteiger charge is -2.07. The molecule has 0 bridgehead atoms. The number of sulfonamides is 1. The topological polar surface area (TPSA) is 131 Å². The Morgan fingerprint density at radius 3 is 2.32 bits per heavy atom. The van der Waals surface area contributed by atoms with Crippen molar-refractivity contribution in [1.82, 2.24) is 19.7 Å². The lowest BCUT2D eigenvalue weighted by atomic mass is 10.0. The van der Waals surface area contributed by atoms with Crippen LogP contribution < -0.4 is 15.0 Å². The number of nitrogens with zero attached hydrogens (tertiary/aromatic N) is 4. The van der Waals surface area contributed by atoms with Gasteiger partial charge in [0.15, 0.2) is 0 Å². The fourth-order valence-corrected chi connectivity index (χ4v) is 5.09. The summed E-state index contributed by atoms with van der Waals surface area (Å²) >= 11 is 0. The first-order chi connectivity index (χ1) is 19.6. The number of aliphatic imine (C=N–C) groups is 1. The second-order valence-electron chi connectivity index (χ2n) is 9.03. The minimum Gasteiger partial charge on any atom is -0.497 e. The number of anilines is 1. The van der Waals surface area contributed by atoms with Gasteiger partial charge in [0.1, 0.15) is 11.6 Å². The van der Waals surface area contributed by atoms with Crippen LogP contribution in [0.2, 0.25) is 0 Å². The van der Waals surface area contributed by atoms with Gasteiger partial charge < -0.3 is 4.74 Å². The first kappa shape index (κ1) is 27.5. The van der Waals surface area contributed by atoms with Crippen LogP contribution in [0.3, 0.4) is 0 Å². The summed E-state index contributed by atoms with van der Waals surface area (Å²) in [5.74, 6) is 0.201. The van der Waals surface area contributed by atoms with E-state index >= 15 is 0 Å². The minimum atomic E-state index is -3.93. The van der Waals surface area contributed by atoms with Crippen molar-refractivity contribution in [2.45, 2.75) is 18.7 Å². The molecule has 0 spiro atoms. The van der Waals surface area contributed by atoms with E-state index in [0.29, 0.717) is 45.4 Å². The van der Waals surface area contributed by atoms with E-state index in [1.807, 2.05) is 0 Å². The van der Waals surface area contributed by atoms with Crippen LogP contribution in [0, 0.1) is 12.7 Å². The standard InChI is InChI=1S/C29H25FN6O4S/c1-18-16-17-31-29(32-18)35-41(38,39)25-14-8-22(9-15-25)33-19(2)26-27(20-4-12-24(40-3)13-5-20)34-36(28(26)37)23-10-6-21(30)7-11-23/h4-17,34H,1-3H3,(H,31,32,35). The maximum atomic E-state index is 13.6. The molecule has 0 saturated carbocycles. The molecule has 0 atom stereocenters. The molecule has 2 N–H and O–H groups in total. The Morgan fingerprint density at radius 2 is 1.68 bits per heavy atom. The van der Waals surface area contributed by atoms with Crippen molar-refractivity contribution in [3.63, 3.8) is 0 Å². The number of halogens is 1. The number of hydrogen-bond acceptors (Lipinski definition) is 7. The summed E-state index contributed by atoms with van der Waals surface area (Å²) in [6.45, 7) is 3.42. The molecule has 3 aromatic carbocycles. The first-order valence-corrected chi connectivity index (χ1v) is 13.9. The van der Waals surface area contributed by atoms with Crippen molar-refractivity contribution >= 4 is 27.4 Å². The highest BCUT2D eigenvalue weighted by Crippen LogP contribution is 2.26. The van der Waals surface area contributed by atoms with Gasteiger partial charge in [0, 0.05) is 17.5 Å². The molecule has 0 aliphatic rings. The van der Waals surface area contributed by atoms with E-state index in [2.05, 4.69) is 24.8 Å². The molecule has 5 aromatic rings. The number of hydrogen-bond donors (Lipinski definition) is 2. The SMILES string of the molecule is COc1ccc(-c2[nH]n(-c3ccc(F)cc3)c(=O)c2C(C)=Nc2ccc(S(=O)(=O)Nc3nccc(C)n3)cc2)cc1. The van der Waals surface area contributed by atoms with Gasteiger partial charge in [-0.3, -0.25) is 14.9 Å².